The van der Waals surface area contributed by atoms with Crippen molar-refractivity contribution in [2.24, 2.45) is 0 Å². The topological polar surface area (TPSA) is 26.3 Å². The van der Waals surface area contributed by atoms with Gasteiger partial charge in [-0.25, -0.2) is 0 Å². The van der Waals surface area contributed by atoms with Crippen LogP contribution < -0.4 is 0 Å². The van der Waals surface area contributed by atoms with Gasteiger partial charge in [-0.2, -0.15) is 0 Å². The van der Waals surface area contributed by atoms with Gasteiger partial charge in [-0.1, -0.05) is 24.3 Å². The quantitative estimate of drug-likeness (QED) is 0.743. The lowest BCUT2D eigenvalue weighted by Gasteiger charge is -2.24. The minimum absolute atomic E-state index is 0.139. The molecule has 1 aliphatic rings. The molecule has 0 amide bonds. The highest BCUT2D eigenvalue weighted by Gasteiger charge is 2.26. The zero-order chi connectivity index (χ0) is 12.1. The smallest absolute Gasteiger partial charge is 0.167 e. The van der Waals surface area contributed by atoms with E-state index in [0.29, 0.717) is 19.4 Å². The number of ether oxygens (including phenoxy) is 1. The standard InChI is InChI=1S/C15H16O2/c1-2-3-4-9-14(16)15-13-8-6-5-7-12(13)10-11-17-15/h5-8,15H,4,9-11H2,1H3. The molecule has 1 aromatic rings. The fraction of sp³-hybridized carbons (Fsp3) is 0.400. The largest absolute Gasteiger partial charge is 0.365 e. The number of Topliss-reactive ketones (excluding diaryl/α,β-unsaturated/α-hetero) is 1. The summed E-state index contributed by atoms with van der Waals surface area (Å²) in [5.74, 6) is 5.86. The summed E-state index contributed by atoms with van der Waals surface area (Å²) in [7, 11) is 0. The van der Waals surface area contributed by atoms with E-state index in [1.165, 1.54) is 5.56 Å². The Morgan fingerprint density at radius 1 is 1.47 bits per heavy atom. The molecule has 0 bridgehead atoms. The van der Waals surface area contributed by atoms with Gasteiger partial charge in [0.25, 0.3) is 0 Å². The van der Waals surface area contributed by atoms with Crippen LogP contribution in [0.5, 0.6) is 0 Å². The zero-order valence-electron chi connectivity index (χ0n) is 10.0. The highest BCUT2D eigenvalue weighted by molar-refractivity contribution is 5.85. The lowest BCUT2D eigenvalue weighted by molar-refractivity contribution is -0.131. The third kappa shape index (κ3) is 2.75. The maximum absolute atomic E-state index is 12.0. The van der Waals surface area contributed by atoms with Gasteiger partial charge in [0, 0.05) is 12.8 Å². The van der Waals surface area contributed by atoms with Crippen LogP contribution in [0.25, 0.3) is 0 Å². The van der Waals surface area contributed by atoms with Gasteiger partial charge >= 0.3 is 0 Å². The van der Waals surface area contributed by atoms with E-state index in [1.807, 2.05) is 18.2 Å². The molecule has 0 spiro atoms. The summed E-state index contributed by atoms with van der Waals surface area (Å²) in [6, 6.07) is 8.03. The first kappa shape index (κ1) is 11.9. The van der Waals surface area contributed by atoms with E-state index in [0.717, 1.165) is 12.0 Å². The second kappa shape index (κ2) is 5.65. The van der Waals surface area contributed by atoms with E-state index < -0.39 is 0 Å². The summed E-state index contributed by atoms with van der Waals surface area (Å²) >= 11 is 0. The van der Waals surface area contributed by atoms with Crippen LogP contribution in [-0.2, 0) is 16.0 Å². The maximum Gasteiger partial charge on any atom is 0.167 e. The Morgan fingerprint density at radius 3 is 3.12 bits per heavy atom. The number of ketones is 1. The van der Waals surface area contributed by atoms with Gasteiger partial charge in [0.1, 0.15) is 6.10 Å². The van der Waals surface area contributed by atoms with Crippen molar-refractivity contribution < 1.29 is 9.53 Å². The normalized spacial score (nSPS) is 17.8. The molecule has 1 heterocycles. The van der Waals surface area contributed by atoms with Gasteiger partial charge < -0.3 is 4.74 Å². The molecule has 1 aromatic carbocycles. The van der Waals surface area contributed by atoms with Crippen LogP contribution in [-0.4, -0.2) is 12.4 Å². The number of carbonyl (C=O) groups excluding carboxylic acids is 1. The first-order valence-electron chi connectivity index (χ1n) is 5.94. The predicted octanol–water partition coefficient (Wildman–Crippen LogP) is 2.67. The lowest BCUT2D eigenvalue weighted by Crippen LogP contribution is -2.23. The molecule has 1 atom stereocenters. The molecule has 2 nitrogen and oxygen atoms in total. The Labute approximate surface area is 102 Å². The van der Waals surface area contributed by atoms with E-state index >= 15 is 0 Å². The maximum atomic E-state index is 12.0. The molecule has 1 unspecified atom stereocenters. The van der Waals surface area contributed by atoms with Crippen LogP contribution >= 0.6 is 0 Å². The minimum atomic E-state index is -0.376. The Kier molecular flexibility index (Phi) is 3.95. The van der Waals surface area contributed by atoms with Gasteiger partial charge in [-0.05, 0) is 24.5 Å². The Hall–Kier alpha value is -1.59. The molecule has 17 heavy (non-hydrogen) atoms. The minimum Gasteiger partial charge on any atom is -0.365 e. The number of carbonyl (C=O) groups is 1. The molecule has 0 saturated heterocycles. The average molecular weight is 228 g/mol. The van der Waals surface area contributed by atoms with Gasteiger partial charge in [0.2, 0.25) is 0 Å². The molecule has 0 aromatic heterocycles. The number of fused-ring (bicyclic) bond motifs is 1. The van der Waals surface area contributed by atoms with Crippen molar-refractivity contribution >= 4 is 5.78 Å². The van der Waals surface area contributed by atoms with Crippen LogP contribution in [0.1, 0.15) is 37.0 Å². The number of rotatable bonds is 3. The molecule has 0 N–H and O–H groups in total. The van der Waals surface area contributed by atoms with Crippen molar-refractivity contribution in [3.63, 3.8) is 0 Å². The second-order valence-electron chi connectivity index (χ2n) is 4.09. The van der Waals surface area contributed by atoms with Crippen molar-refractivity contribution in [1.29, 1.82) is 0 Å². The average Bonchev–Trinajstić information content (AvgIpc) is 2.38. The molecular formula is C15H16O2. The van der Waals surface area contributed by atoms with Crippen LogP contribution in [0, 0.1) is 11.8 Å². The van der Waals surface area contributed by atoms with Crippen LogP contribution in [0.4, 0.5) is 0 Å². The molecule has 2 heteroatoms. The van der Waals surface area contributed by atoms with Crippen LogP contribution in [0.2, 0.25) is 0 Å². The molecule has 0 radical (unpaired) electrons. The number of benzene rings is 1. The first-order chi connectivity index (χ1) is 8.33. The fourth-order valence-corrected chi connectivity index (χ4v) is 2.10. The monoisotopic (exact) mass is 228 g/mol. The van der Waals surface area contributed by atoms with Crippen molar-refractivity contribution in [3.05, 3.63) is 35.4 Å². The molecule has 0 aliphatic carbocycles. The summed E-state index contributed by atoms with van der Waals surface area (Å²) in [6.07, 6.45) is 1.62. The van der Waals surface area contributed by atoms with Crippen LogP contribution in [0.3, 0.4) is 0 Å². The number of hydrogen-bond acceptors (Lipinski definition) is 2. The Balaban J connectivity index is 2.11. The molecule has 0 saturated carbocycles. The fourth-order valence-electron chi connectivity index (χ4n) is 2.10. The molecule has 2 rings (SSSR count). The van der Waals surface area contributed by atoms with Crippen molar-refractivity contribution in [1.82, 2.24) is 0 Å². The van der Waals surface area contributed by atoms with Gasteiger partial charge in [-0.3, -0.25) is 4.79 Å². The molecule has 0 fully saturated rings. The van der Waals surface area contributed by atoms with E-state index in [2.05, 4.69) is 17.9 Å². The summed E-state index contributed by atoms with van der Waals surface area (Å²) in [5, 5.41) is 0. The summed E-state index contributed by atoms with van der Waals surface area (Å²) in [4.78, 5) is 12.0. The van der Waals surface area contributed by atoms with Crippen LogP contribution in [0.15, 0.2) is 24.3 Å². The highest BCUT2D eigenvalue weighted by atomic mass is 16.5. The van der Waals surface area contributed by atoms with E-state index in [-0.39, 0.29) is 11.9 Å². The van der Waals surface area contributed by atoms with E-state index in [4.69, 9.17) is 4.74 Å². The summed E-state index contributed by atoms with van der Waals surface area (Å²) in [6.45, 7) is 2.42. The third-order valence-electron chi connectivity index (χ3n) is 2.96. The third-order valence-corrected chi connectivity index (χ3v) is 2.96. The SMILES string of the molecule is CC#CCCC(=O)C1OCCc2ccccc21. The summed E-state index contributed by atoms with van der Waals surface area (Å²) in [5.41, 5.74) is 2.27. The molecule has 1 aliphatic heterocycles. The summed E-state index contributed by atoms with van der Waals surface area (Å²) < 4.78 is 5.60. The van der Waals surface area contributed by atoms with Gasteiger partial charge in [-0.15, -0.1) is 11.8 Å². The van der Waals surface area contributed by atoms with E-state index in [9.17, 15) is 4.79 Å². The Morgan fingerprint density at radius 2 is 2.29 bits per heavy atom. The zero-order valence-corrected chi connectivity index (χ0v) is 10.0. The molecular weight excluding hydrogens is 212 g/mol. The van der Waals surface area contributed by atoms with Crippen molar-refractivity contribution in [2.75, 3.05) is 6.61 Å². The van der Waals surface area contributed by atoms with Gasteiger partial charge in [0.15, 0.2) is 5.78 Å². The van der Waals surface area contributed by atoms with Crippen molar-refractivity contribution in [3.8, 4) is 11.8 Å². The first-order valence-corrected chi connectivity index (χ1v) is 5.94. The predicted molar refractivity (Wildman–Crippen MR) is 66.5 cm³/mol. The Bertz CT molecular complexity index is 465. The second-order valence-corrected chi connectivity index (χ2v) is 4.09. The number of hydrogen-bond donors (Lipinski definition) is 0. The van der Waals surface area contributed by atoms with Crippen molar-refractivity contribution in [2.45, 2.75) is 32.3 Å². The highest BCUT2D eigenvalue weighted by Crippen LogP contribution is 2.28. The van der Waals surface area contributed by atoms with Gasteiger partial charge in [0.05, 0.1) is 6.61 Å². The van der Waals surface area contributed by atoms with E-state index in [1.54, 1.807) is 6.92 Å². The molecule has 88 valence electrons. The lowest BCUT2D eigenvalue weighted by atomic mass is 9.94.